The second-order valence-electron chi connectivity index (χ2n) is 13.5. The Balaban J connectivity index is 1.48. The molecule has 4 heterocycles. The van der Waals surface area contributed by atoms with Gasteiger partial charge in [-0.3, -0.25) is 19.2 Å². The number of H-pyrrole nitrogens is 4. The third-order valence-electron chi connectivity index (χ3n) is 10.7. The van der Waals surface area contributed by atoms with E-state index in [0.29, 0.717) is 48.5 Å². The Morgan fingerprint density at radius 1 is 0.442 bits per heavy atom. The normalized spacial score (nSPS) is 11.4. The summed E-state index contributed by atoms with van der Waals surface area (Å²) in [6.07, 6.45) is 9.19. The van der Waals surface area contributed by atoms with Gasteiger partial charge in [0.1, 0.15) is 0 Å². The zero-order valence-electron chi connectivity index (χ0n) is 32.2. The zero-order valence-corrected chi connectivity index (χ0v) is 32.2. The first-order chi connectivity index (χ1) is 25.1. The molecule has 0 atom stereocenters. The average Bonchev–Trinajstić information content (AvgIpc) is 3.95. The smallest absolute Gasteiger partial charge is 0.187 e. The molecule has 52 heavy (non-hydrogen) atoms. The van der Waals surface area contributed by atoms with Gasteiger partial charge in [-0.1, -0.05) is 73.6 Å². The van der Waals surface area contributed by atoms with Gasteiger partial charge in [0.15, 0.2) is 23.1 Å². The van der Waals surface area contributed by atoms with Crippen LogP contribution in [0.1, 0.15) is 155 Å². The van der Waals surface area contributed by atoms with Gasteiger partial charge in [-0.15, -0.1) is 0 Å². The number of benzene rings is 1. The van der Waals surface area contributed by atoms with Gasteiger partial charge in [0.2, 0.25) is 0 Å². The molecule has 0 saturated heterocycles. The van der Waals surface area contributed by atoms with Gasteiger partial charge < -0.3 is 19.9 Å². The molecule has 0 aliphatic carbocycles. The van der Waals surface area contributed by atoms with E-state index in [2.05, 4.69) is 53.7 Å². The van der Waals surface area contributed by atoms with Gasteiger partial charge in [0, 0.05) is 23.8 Å². The lowest BCUT2D eigenvalue weighted by molar-refractivity contribution is 0.0872. The van der Waals surface area contributed by atoms with Crippen LogP contribution in [0.4, 0.5) is 0 Å². The second kappa shape index (κ2) is 16.6. The number of hydrogen-bond acceptors (Lipinski definition) is 4. The molecule has 0 radical (unpaired) electrons. The third-order valence-corrected chi connectivity index (χ3v) is 10.7. The van der Waals surface area contributed by atoms with Crippen LogP contribution in [0.5, 0.6) is 0 Å². The fourth-order valence-corrected chi connectivity index (χ4v) is 8.08. The van der Waals surface area contributed by atoms with Crippen molar-refractivity contribution in [1.82, 2.24) is 19.9 Å². The average molecular weight is 703 g/mol. The summed E-state index contributed by atoms with van der Waals surface area (Å²) in [7, 11) is 0. The van der Waals surface area contributed by atoms with E-state index >= 15 is 0 Å². The topological polar surface area (TPSA) is 131 Å². The maximum atomic E-state index is 13.8. The van der Waals surface area contributed by atoms with Crippen LogP contribution in [-0.2, 0) is 51.4 Å². The second-order valence-corrected chi connectivity index (χ2v) is 13.5. The van der Waals surface area contributed by atoms with Crippen LogP contribution in [-0.4, -0.2) is 43.1 Å². The van der Waals surface area contributed by atoms with Gasteiger partial charge in [-0.25, -0.2) is 0 Å². The summed E-state index contributed by atoms with van der Waals surface area (Å²) in [5.74, 6) is -0.815. The van der Waals surface area contributed by atoms with Crippen molar-refractivity contribution in [3.05, 3.63) is 104 Å². The maximum Gasteiger partial charge on any atom is 0.187 e. The van der Waals surface area contributed by atoms with Crippen LogP contribution in [0.2, 0.25) is 0 Å². The van der Waals surface area contributed by atoms with Crippen molar-refractivity contribution >= 4 is 23.1 Å². The molecule has 4 aromatic heterocycles. The molecular weight excluding hydrogens is 649 g/mol. The molecule has 8 nitrogen and oxygen atoms in total. The molecule has 274 valence electrons. The largest absolute Gasteiger partial charge is 0.358 e. The number of nitrogens with one attached hydrogen (secondary N) is 4. The Morgan fingerprint density at radius 3 is 1.12 bits per heavy atom. The number of aryl methyl sites for hydroxylation is 2. The molecule has 1 aromatic carbocycles. The molecular formula is C44H54N4O4. The standard InChI is InChI=1S/C44H54N4O4/c1-9-25-23-45-41(29(25)11-3)35(49)21-37(51)43-33(15-7)31(13-5)39(47-43)27-18-17-19-28(20-27)40-32(14-6)34(16-8)44(48-40)38(52)22-36(50)42-30(12-4)26(10-2)24-46-42/h17-20,23-24,45-48H,9-16,21-22H2,1-8H3. The van der Waals surface area contributed by atoms with E-state index in [4.69, 9.17) is 0 Å². The van der Waals surface area contributed by atoms with E-state index in [1.165, 1.54) is 0 Å². The molecule has 0 aliphatic rings. The summed E-state index contributed by atoms with van der Waals surface area (Å²) in [4.78, 5) is 67.6. The minimum absolute atomic E-state index is 0.193. The van der Waals surface area contributed by atoms with E-state index in [1.807, 2.05) is 58.3 Å². The summed E-state index contributed by atoms with van der Waals surface area (Å²) in [5.41, 5.74) is 13.8. The first-order valence-corrected chi connectivity index (χ1v) is 19.2. The van der Waals surface area contributed by atoms with Gasteiger partial charge in [-0.2, -0.15) is 0 Å². The summed E-state index contributed by atoms with van der Waals surface area (Å²) in [5, 5.41) is 0. The Hall–Kier alpha value is -4.98. The van der Waals surface area contributed by atoms with Crippen molar-refractivity contribution in [1.29, 1.82) is 0 Å². The summed E-state index contributed by atoms with van der Waals surface area (Å²) >= 11 is 0. The number of hydrogen-bond donors (Lipinski definition) is 4. The lowest BCUT2D eigenvalue weighted by Crippen LogP contribution is -2.12. The number of aromatic nitrogens is 4. The van der Waals surface area contributed by atoms with Crippen LogP contribution in [0, 0.1) is 0 Å². The number of rotatable bonds is 18. The molecule has 5 aromatic rings. The monoisotopic (exact) mass is 702 g/mol. The van der Waals surface area contributed by atoms with Crippen molar-refractivity contribution in [2.24, 2.45) is 0 Å². The highest BCUT2D eigenvalue weighted by molar-refractivity contribution is 6.14. The molecule has 4 N–H and O–H groups in total. The van der Waals surface area contributed by atoms with E-state index in [1.54, 1.807) is 0 Å². The van der Waals surface area contributed by atoms with Crippen molar-refractivity contribution in [2.45, 2.75) is 120 Å². The third kappa shape index (κ3) is 7.08. The first kappa shape index (κ1) is 38.3. The first-order valence-electron chi connectivity index (χ1n) is 19.2. The highest BCUT2D eigenvalue weighted by Crippen LogP contribution is 2.36. The predicted molar refractivity (Wildman–Crippen MR) is 209 cm³/mol. The van der Waals surface area contributed by atoms with Crippen molar-refractivity contribution in [3.63, 3.8) is 0 Å². The number of ketones is 4. The number of carbonyl (C=O) groups is 4. The maximum absolute atomic E-state index is 13.8. The molecule has 0 saturated carbocycles. The van der Waals surface area contributed by atoms with Crippen LogP contribution in [0.25, 0.3) is 22.5 Å². The van der Waals surface area contributed by atoms with E-state index in [9.17, 15) is 19.2 Å². The highest BCUT2D eigenvalue weighted by Gasteiger charge is 2.27. The van der Waals surface area contributed by atoms with E-state index < -0.39 is 0 Å². The highest BCUT2D eigenvalue weighted by atomic mass is 16.2. The van der Waals surface area contributed by atoms with Crippen LogP contribution in [0.3, 0.4) is 0 Å². The Labute approximate surface area is 307 Å². The van der Waals surface area contributed by atoms with Gasteiger partial charge in [-0.05, 0) is 113 Å². The molecule has 0 fully saturated rings. The van der Waals surface area contributed by atoms with Crippen LogP contribution < -0.4 is 0 Å². The quantitative estimate of drug-likeness (QED) is 0.0535. The van der Waals surface area contributed by atoms with E-state index in [-0.39, 0.29) is 36.0 Å². The lowest BCUT2D eigenvalue weighted by Gasteiger charge is -2.08. The van der Waals surface area contributed by atoms with Gasteiger partial charge >= 0.3 is 0 Å². The van der Waals surface area contributed by atoms with Crippen molar-refractivity contribution < 1.29 is 19.2 Å². The van der Waals surface area contributed by atoms with E-state index in [0.717, 1.165) is 92.7 Å². The molecule has 8 heteroatoms. The minimum Gasteiger partial charge on any atom is -0.358 e. The zero-order chi connectivity index (χ0) is 37.7. The summed E-state index contributed by atoms with van der Waals surface area (Å²) < 4.78 is 0. The minimum atomic E-state index is -0.215. The van der Waals surface area contributed by atoms with Gasteiger partial charge in [0.05, 0.1) is 35.6 Å². The SMILES string of the molecule is CCc1c[nH]c(C(=O)CC(=O)c2[nH]c(-c3cccc(-c4[nH]c(C(=O)CC(=O)c5[nH]cc(CC)c5CC)c(CC)c4CC)c3)c(CC)c2CC)c1CC. The van der Waals surface area contributed by atoms with Gasteiger partial charge in [0.25, 0.3) is 0 Å². The fourth-order valence-electron chi connectivity index (χ4n) is 8.08. The number of carbonyl (C=O) groups excluding carboxylic acids is 4. The number of Topliss-reactive ketones (excluding diaryl/α,β-unsaturated/α-hetero) is 4. The number of aromatic amines is 4. The van der Waals surface area contributed by atoms with Crippen molar-refractivity contribution in [2.75, 3.05) is 0 Å². The predicted octanol–water partition coefficient (Wildman–Crippen LogP) is 9.74. The van der Waals surface area contributed by atoms with Crippen LogP contribution >= 0.6 is 0 Å². The van der Waals surface area contributed by atoms with Crippen LogP contribution in [0.15, 0.2) is 36.7 Å². The molecule has 0 amide bonds. The molecule has 0 aliphatic heterocycles. The summed E-state index contributed by atoms with van der Waals surface area (Å²) in [6.45, 7) is 16.4. The molecule has 5 rings (SSSR count). The Bertz CT molecular complexity index is 1970. The fraction of sp³-hybridized carbons (Fsp3) is 0.409. The molecule has 0 unspecified atom stereocenters. The Kier molecular flexibility index (Phi) is 12.2. The Morgan fingerprint density at radius 2 is 0.788 bits per heavy atom. The molecule has 0 spiro atoms. The molecule has 0 bridgehead atoms. The van der Waals surface area contributed by atoms with Crippen molar-refractivity contribution in [3.8, 4) is 22.5 Å². The summed E-state index contributed by atoms with van der Waals surface area (Å²) in [6, 6.07) is 8.13. The lowest BCUT2D eigenvalue weighted by atomic mass is 9.95.